The van der Waals surface area contributed by atoms with Crippen LogP contribution >= 0.6 is 0 Å². The van der Waals surface area contributed by atoms with Crippen LogP contribution in [0, 0.1) is 0 Å². The Hall–Kier alpha value is -2.42. The normalized spacial score (nSPS) is 18.3. The number of carbonyl (C=O) groups is 2. The summed E-state index contributed by atoms with van der Waals surface area (Å²) < 4.78 is 11.9. The highest BCUT2D eigenvalue weighted by atomic mass is 16.6. The van der Waals surface area contributed by atoms with E-state index in [2.05, 4.69) is 16.9 Å². The van der Waals surface area contributed by atoms with E-state index in [1.54, 1.807) is 0 Å². The number of carboxylic acids is 1. The van der Waals surface area contributed by atoms with Gasteiger partial charge in [-0.25, -0.2) is 14.3 Å². The lowest BCUT2D eigenvalue weighted by Crippen LogP contribution is -2.47. The lowest BCUT2D eigenvalue weighted by Gasteiger charge is -2.31. The maximum absolute atomic E-state index is 11.7. The number of ether oxygens (including phenoxy) is 2. The molecular formula is C12H16N4O5. The third-order valence-corrected chi connectivity index (χ3v) is 2.87. The van der Waals surface area contributed by atoms with Crippen molar-refractivity contribution in [3.63, 3.8) is 0 Å². The second kappa shape index (κ2) is 6.84. The Bertz CT molecular complexity index is 529. The topological polar surface area (TPSA) is 107 Å². The fourth-order valence-corrected chi connectivity index (χ4v) is 1.91. The van der Waals surface area contributed by atoms with Gasteiger partial charge in [-0.3, -0.25) is 0 Å². The van der Waals surface area contributed by atoms with E-state index in [0.29, 0.717) is 26.2 Å². The number of hydrogen-bond donors (Lipinski definition) is 1. The molecule has 9 heteroatoms. The van der Waals surface area contributed by atoms with Gasteiger partial charge in [-0.2, -0.15) is 0 Å². The van der Waals surface area contributed by atoms with Gasteiger partial charge in [-0.15, -0.1) is 5.10 Å². The summed E-state index contributed by atoms with van der Waals surface area (Å²) in [6.07, 6.45) is 2.10. The van der Waals surface area contributed by atoms with Crippen LogP contribution in [0.4, 0.5) is 4.79 Å². The highest BCUT2D eigenvalue weighted by Crippen LogP contribution is 2.09. The summed E-state index contributed by atoms with van der Waals surface area (Å²) >= 11 is 0. The molecular weight excluding hydrogens is 280 g/mol. The molecule has 0 aliphatic carbocycles. The minimum Gasteiger partial charge on any atom is -0.476 e. The van der Waals surface area contributed by atoms with E-state index in [9.17, 15) is 9.59 Å². The van der Waals surface area contributed by atoms with E-state index < -0.39 is 12.1 Å². The minimum atomic E-state index is -1.14. The molecule has 1 aliphatic rings. The van der Waals surface area contributed by atoms with Gasteiger partial charge in [0, 0.05) is 6.54 Å². The average Bonchev–Trinajstić information content (AvgIpc) is 2.94. The van der Waals surface area contributed by atoms with Crippen LogP contribution in [0.3, 0.4) is 0 Å². The van der Waals surface area contributed by atoms with E-state index in [1.807, 2.05) is 0 Å². The van der Waals surface area contributed by atoms with Crippen molar-refractivity contribution < 1.29 is 24.2 Å². The first-order chi connectivity index (χ1) is 10.1. The van der Waals surface area contributed by atoms with Gasteiger partial charge in [0.1, 0.15) is 6.61 Å². The number of aromatic nitrogens is 3. The molecule has 0 spiro atoms. The molecule has 9 nitrogen and oxygen atoms in total. The molecule has 1 unspecified atom stereocenters. The van der Waals surface area contributed by atoms with Gasteiger partial charge in [-0.05, 0) is 0 Å². The van der Waals surface area contributed by atoms with E-state index in [4.69, 9.17) is 14.6 Å². The van der Waals surface area contributed by atoms with Crippen LogP contribution in [0.1, 0.15) is 10.5 Å². The Morgan fingerprint density at radius 3 is 3.10 bits per heavy atom. The molecule has 21 heavy (non-hydrogen) atoms. The van der Waals surface area contributed by atoms with Gasteiger partial charge < -0.3 is 19.5 Å². The molecule has 0 aromatic carbocycles. The first kappa shape index (κ1) is 15.0. The Morgan fingerprint density at radius 1 is 1.62 bits per heavy atom. The predicted molar refractivity (Wildman–Crippen MR) is 69.8 cm³/mol. The van der Waals surface area contributed by atoms with Crippen LogP contribution in [0.25, 0.3) is 0 Å². The molecule has 1 aromatic heterocycles. The molecule has 1 amide bonds. The van der Waals surface area contributed by atoms with Gasteiger partial charge >= 0.3 is 12.1 Å². The summed E-state index contributed by atoms with van der Waals surface area (Å²) in [5.74, 6) is -1.14. The van der Waals surface area contributed by atoms with Crippen LogP contribution in [0.15, 0.2) is 18.9 Å². The Morgan fingerprint density at radius 2 is 2.43 bits per heavy atom. The molecule has 2 heterocycles. The molecule has 114 valence electrons. The molecule has 1 saturated heterocycles. The van der Waals surface area contributed by atoms with Crippen LogP contribution in [0.5, 0.6) is 0 Å². The summed E-state index contributed by atoms with van der Waals surface area (Å²) in [6, 6.07) is 0. The fraction of sp³-hybridized carbons (Fsp3) is 0.500. The summed E-state index contributed by atoms with van der Waals surface area (Å²) in [5, 5.41) is 16.0. The number of hydrogen-bond acceptors (Lipinski definition) is 6. The SMILES string of the molecule is C=CCOC(=O)N1CCOC(Cn2cc(C(=O)O)nn2)C1. The van der Waals surface area contributed by atoms with Crippen LogP contribution < -0.4 is 0 Å². The summed E-state index contributed by atoms with van der Waals surface area (Å²) in [5.41, 5.74) is -0.131. The first-order valence-corrected chi connectivity index (χ1v) is 6.37. The maximum Gasteiger partial charge on any atom is 0.410 e. The quantitative estimate of drug-likeness (QED) is 0.762. The molecule has 0 bridgehead atoms. The van der Waals surface area contributed by atoms with Gasteiger partial charge in [0.2, 0.25) is 0 Å². The summed E-state index contributed by atoms with van der Waals surface area (Å²) in [7, 11) is 0. The van der Waals surface area contributed by atoms with Crippen LogP contribution in [0.2, 0.25) is 0 Å². The van der Waals surface area contributed by atoms with E-state index in [-0.39, 0.29) is 18.4 Å². The molecule has 0 radical (unpaired) electrons. The third kappa shape index (κ3) is 4.02. The van der Waals surface area contributed by atoms with Crippen molar-refractivity contribution in [2.24, 2.45) is 0 Å². The van der Waals surface area contributed by atoms with Crippen molar-refractivity contribution in [2.45, 2.75) is 12.6 Å². The van der Waals surface area contributed by atoms with Gasteiger partial charge in [0.25, 0.3) is 0 Å². The molecule has 1 fully saturated rings. The van der Waals surface area contributed by atoms with Crippen LogP contribution in [-0.4, -0.2) is 69.5 Å². The summed E-state index contributed by atoms with van der Waals surface area (Å²) in [6.45, 7) is 5.13. The number of rotatable bonds is 5. The lowest BCUT2D eigenvalue weighted by molar-refractivity contribution is -0.0345. The van der Waals surface area contributed by atoms with Crippen molar-refractivity contribution in [2.75, 3.05) is 26.3 Å². The highest BCUT2D eigenvalue weighted by Gasteiger charge is 2.26. The van der Waals surface area contributed by atoms with Crippen molar-refractivity contribution in [3.05, 3.63) is 24.5 Å². The van der Waals surface area contributed by atoms with E-state index in [1.165, 1.54) is 21.9 Å². The Balaban J connectivity index is 1.89. The molecule has 1 N–H and O–H groups in total. The fourth-order valence-electron chi connectivity index (χ4n) is 1.91. The zero-order valence-corrected chi connectivity index (χ0v) is 11.3. The zero-order valence-electron chi connectivity index (χ0n) is 11.3. The van der Waals surface area contributed by atoms with Crippen molar-refractivity contribution in [1.29, 1.82) is 0 Å². The first-order valence-electron chi connectivity index (χ1n) is 6.37. The highest BCUT2D eigenvalue weighted by molar-refractivity contribution is 5.84. The standard InChI is InChI=1S/C12H16N4O5/c1-2-4-21-12(19)15-3-5-20-9(6-15)7-16-8-10(11(17)18)13-14-16/h2,8-9H,1,3-7H2,(H,17,18). The Kier molecular flexibility index (Phi) is 4.88. The number of carboxylic acid groups (broad SMARTS) is 1. The molecule has 1 aliphatic heterocycles. The van der Waals surface area contributed by atoms with Crippen molar-refractivity contribution in [3.8, 4) is 0 Å². The largest absolute Gasteiger partial charge is 0.476 e. The minimum absolute atomic E-state index is 0.131. The molecule has 2 rings (SSSR count). The molecule has 1 aromatic rings. The monoisotopic (exact) mass is 296 g/mol. The number of carbonyl (C=O) groups excluding carboxylic acids is 1. The van der Waals surface area contributed by atoms with Crippen molar-refractivity contribution in [1.82, 2.24) is 19.9 Å². The van der Waals surface area contributed by atoms with Gasteiger partial charge in [0.05, 0.1) is 32.0 Å². The van der Waals surface area contributed by atoms with Crippen LogP contribution in [-0.2, 0) is 16.0 Å². The van der Waals surface area contributed by atoms with Crippen molar-refractivity contribution >= 4 is 12.1 Å². The maximum atomic E-state index is 11.7. The lowest BCUT2D eigenvalue weighted by atomic mass is 10.3. The van der Waals surface area contributed by atoms with Gasteiger partial charge in [-0.1, -0.05) is 17.9 Å². The number of nitrogens with zero attached hydrogens (tertiary/aromatic N) is 4. The predicted octanol–water partition coefficient (Wildman–Crippen LogP) is -0.000300. The smallest absolute Gasteiger partial charge is 0.410 e. The Labute approximate surface area is 120 Å². The number of morpholine rings is 1. The second-order valence-electron chi connectivity index (χ2n) is 4.44. The number of amides is 1. The molecule has 0 saturated carbocycles. The summed E-state index contributed by atoms with van der Waals surface area (Å²) in [4.78, 5) is 24.0. The zero-order chi connectivity index (χ0) is 15.2. The molecule has 1 atom stereocenters. The average molecular weight is 296 g/mol. The third-order valence-electron chi connectivity index (χ3n) is 2.87. The van der Waals surface area contributed by atoms with E-state index >= 15 is 0 Å². The second-order valence-corrected chi connectivity index (χ2v) is 4.44. The van der Waals surface area contributed by atoms with E-state index in [0.717, 1.165) is 0 Å². The number of aromatic carboxylic acids is 1. The van der Waals surface area contributed by atoms with Gasteiger partial charge in [0.15, 0.2) is 5.69 Å².